The van der Waals surface area contributed by atoms with E-state index in [1.807, 2.05) is 36.4 Å². The average molecular weight is 561 g/mol. The second kappa shape index (κ2) is 21.1. The summed E-state index contributed by atoms with van der Waals surface area (Å²) in [6, 6.07) is 13.6. The fraction of sp³-hybridized carbons (Fsp3) is 0.353. The molecule has 1 N–H and O–H groups in total. The van der Waals surface area contributed by atoms with Crippen LogP contribution in [0.1, 0.15) is 24.7 Å². The molecule has 2 aromatic rings. The molecule has 33 heavy (non-hydrogen) atoms. The van der Waals surface area contributed by atoms with E-state index in [9.17, 15) is 0 Å². The molecule has 0 unspecified atom stereocenters. The van der Waals surface area contributed by atoms with Crippen LogP contribution in [-0.4, -0.2) is 33.1 Å². The molecule has 0 fully saturated rings. The Morgan fingerprint density at radius 1 is 0.848 bits per heavy atom. The number of nitriles is 1. The molecule has 0 saturated heterocycles. The van der Waals surface area contributed by atoms with Crippen molar-refractivity contribution in [1.82, 2.24) is 14.9 Å². The van der Waals surface area contributed by atoms with Gasteiger partial charge in [0.2, 0.25) is 0 Å². The molecule has 0 amide bonds. The van der Waals surface area contributed by atoms with Gasteiger partial charge in [-0.2, -0.15) is 5.26 Å². The summed E-state index contributed by atoms with van der Waals surface area (Å²) in [4.78, 5) is 10.9. The van der Waals surface area contributed by atoms with Crippen LogP contribution in [0, 0.1) is 31.8 Å². The molecule has 0 aliphatic rings. The van der Waals surface area contributed by atoms with E-state index < -0.39 is 20.5 Å². The fourth-order valence-electron chi connectivity index (χ4n) is 1.95. The van der Waals surface area contributed by atoms with Gasteiger partial charge in [-0.3, -0.25) is 14.9 Å². The first kappa shape index (κ1) is 36.1. The predicted octanol–water partition coefficient (Wildman–Crippen LogP) is -7.12. The van der Waals surface area contributed by atoms with Gasteiger partial charge in [-0.25, -0.2) is 37.3 Å². The number of aromatic nitrogens is 2. The van der Waals surface area contributed by atoms with Gasteiger partial charge in [-0.15, -0.1) is 20.5 Å². The number of hydrogen-bond acceptors (Lipinski definition) is 13. The van der Waals surface area contributed by atoms with Gasteiger partial charge in [0.15, 0.2) is 0 Å². The minimum atomic E-state index is -4.94. The summed E-state index contributed by atoms with van der Waals surface area (Å²) in [5.74, 6) is 0. The molecule has 2 aromatic heterocycles. The van der Waals surface area contributed by atoms with Gasteiger partial charge in [0.25, 0.3) is 0 Å². The molecule has 0 atom stereocenters. The van der Waals surface area contributed by atoms with Crippen molar-refractivity contribution in [2.75, 3.05) is 13.2 Å². The Morgan fingerprint density at radius 2 is 1.18 bits per heavy atom. The molecule has 0 aromatic carbocycles. The van der Waals surface area contributed by atoms with Crippen molar-refractivity contribution in [1.29, 1.82) is 5.26 Å². The molecule has 0 saturated carbocycles. The third-order valence-electron chi connectivity index (χ3n) is 2.86. The van der Waals surface area contributed by atoms with Crippen LogP contribution in [0.15, 0.2) is 48.8 Å². The van der Waals surface area contributed by atoms with E-state index in [0.29, 0.717) is 0 Å². The minimum Gasteiger partial charge on any atom is -0.396 e. The Bertz CT molecular complexity index is 668. The van der Waals surface area contributed by atoms with Gasteiger partial charge in [0, 0.05) is 45.6 Å². The predicted molar refractivity (Wildman–Crippen MR) is 85.6 cm³/mol. The first-order valence-electron chi connectivity index (χ1n) is 8.47. The maximum absolute atomic E-state index is 8.99. The van der Waals surface area contributed by atoms with Crippen molar-refractivity contribution in [3.63, 3.8) is 0 Å². The molecule has 2 rings (SSSR count). The maximum Gasteiger partial charge on any atom is 2.00 e. The van der Waals surface area contributed by atoms with Gasteiger partial charge in [-0.1, -0.05) is 12.1 Å². The number of pyridine rings is 2. The van der Waals surface area contributed by atoms with Crippen LogP contribution in [0.25, 0.3) is 0 Å². The van der Waals surface area contributed by atoms with E-state index in [0.717, 1.165) is 37.4 Å². The normalized spacial score (nSPS) is 10.1. The Hall–Kier alpha value is -1.51. The van der Waals surface area contributed by atoms with E-state index in [2.05, 4.69) is 14.9 Å². The zero-order valence-corrected chi connectivity index (χ0v) is 19.7. The first-order valence-corrected chi connectivity index (χ1v) is 10.9. The topological polar surface area (TPSA) is 258 Å². The van der Waals surface area contributed by atoms with E-state index in [-0.39, 0.29) is 23.7 Å². The molecular weight excluding hydrogens is 539 g/mol. The zero-order chi connectivity index (χ0) is 25.0. The van der Waals surface area contributed by atoms with Crippen LogP contribution in [0.5, 0.6) is 0 Å². The number of hydrogen-bond donors (Lipinski definition) is 1. The van der Waals surface area contributed by atoms with Crippen LogP contribution >= 0.6 is 0 Å². The molecule has 16 heteroatoms. The standard InChI is InChI=1S/C15H19N3O.C2H3N.2ClHO4.Cu/c19-11-5-10-18(12-14-6-1-3-8-16-14)13-15-7-2-4-9-17-15;1-2-3;2*2-1(3,4)5;/h1-4,6-9,19H,5,10-13H2;1H3;2*(H,2,3,4,5);/q;;;;+2/p-2. The molecule has 1 radical (unpaired) electrons. The number of aliphatic hydroxyl groups excluding tert-OH is 1. The van der Waals surface area contributed by atoms with Gasteiger partial charge < -0.3 is 5.11 Å². The summed E-state index contributed by atoms with van der Waals surface area (Å²) in [5.41, 5.74) is 2.08. The molecule has 0 aliphatic carbocycles. The number of rotatable bonds is 7. The van der Waals surface area contributed by atoms with Crippen LogP contribution in [0.3, 0.4) is 0 Å². The molecule has 0 spiro atoms. The van der Waals surface area contributed by atoms with Crippen molar-refractivity contribution in [2.45, 2.75) is 26.4 Å². The van der Waals surface area contributed by atoms with E-state index in [1.165, 1.54) is 6.92 Å². The van der Waals surface area contributed by atoms with Gasteiger partial charge in [0.1, 0.15) is 0 Å². The van der Waals surface area contributed by atoms with Crippen LogP contribution in [-0.2, 0) is 30.2 Å². The summed E-state index contributed by atoms with van der Waals surface area (Å²) in [5, 5.41) is 16.3. The van der Waals surface area contributed by atoms with Gasteiger partial charge in [-0.05, 0) is 30.7 Å². The molecule has 2 heterocycles. The SMILES string of the molecule is CC#N.OCCCN(Cc1ccccn1)Cc1ccccn1.[Cu+2].[O-][Cl+3]([O-])([O-])[O-].[O-][Cl+3]([O-])([O-])[O-]. The number of halogens is 2. The Balaban J connectivity index is -0.000000534. The summed E-state index contributed by atoms with van der Waals surface area (Å²) in [6.45, 7) is 4.03. The summed E-state index contributed by atoms with van der Waals surface area (Å²) < 4.78 is 67.9. The minimum absolute atomic E-state index is 0. The van der Waals surface area contributed by atoms with Crippen molar-refractivity contribution >= 4 is 0 Å². The summed E-state index contributed by atoms with van der Waals surface area (Å²) in [7, 11) is -9.89. The van der Waals surface area contributed by atoms with Gasteiger partial charge in [0.05, 0.1) is 17.5 Å². The summed E-state index contributed by atoms with van der Waals surface area (Å²) >= 11 is 0. The number of nitrogens with zero attached hydrogens (tertiary/aromatic N) is 4. The molecule has 0 bridgehead atoms. The van der Waals surface area contributed by atoms with E-state index >= 15 is 0 Å². The van der Waals surface area contributed by atoms with Crippen molar-refractivity contribution in [3.8, 4) is 6.07 Å². The van der Waals surface area contributed by atoms with Gasteiger partial charge >= 0.3 is 17.1 Å². The first-order chi connectivity index (χ1) is 14.8. The zero-order valence-electron chi connectivity index (χ0n) is 17.2. The van der Waals surface area contributed by atoms with Crippen LogP contribution in [0.4, 0.5) is 0 Å². The fourth-order valence-corrected chi connectivity index (χ4v) is 1.95. The Morgan fingerprint density at radius 3 is 1.42 bits per heavy atom. The van der Waals surface area contributed by atoms with E-state index in [1.54, 1.807) is 18.5 Å². The third kappa shape index (κ3) is 35.3. The smallest absolute Gasteiger partial charge is 0.396 e. The molecular formula is C17H22Cl2CuN4O9. The molecule has 189 valence electrons. The summed E-state index contributed by atoms with van der Waals surface area (Å²) in [6.07, 6.45) is 4.38. The van der Waals surface area contributed by atoms with Crippen molar-refractivity contribution < 1.29 is 79.9 Å². The van der Waals surface area contributed by atoms with Crippen LogP contribution < -0.4 is 37.3 Å². The maximum atomic E-state index is 8.99. The Labute approximate surface area is 205 Å². The molecule has 13 nitrogen and oxygen atoms in total. The monoisotopic (exact) mass is 559 g/mol. The molecule has 0 aliphatic heterocycles. The second-order valence-electron chi connectivity index (χ2n) is 5.41. The second-order valence-corrected chi connectivity index (χ2v) is 6.92. The van der Waals surface area contributed by atoms with Crippen LogP contribution in [0.2, 0.25) is 0 Å². The quantitative estimate of drug-likeness (QED) is 0.309. The largest absolute Gasteiger partial charge is 2.00 e. The number of aliphatic hydroxyl groups is 1. The Kier molecular flexibility index (Phi) is 23.0. The van der Waals surface area contributed by atoms with Crippen molar-refractivity contribution in [3.05, 3.63) is 60.2 Å². The third-order valence-corrected chi connectivity index (χ3v) is 2.86. The van der Waals surface area contributed by atoms with Crippen molar-refractivity contribution in [2.24, 2.45) is 0 Å². The average Bonchev–Trinajstić information content (AvgIpc) is 2.66. The van der Waals surface area contributed by atoms with E-state index in [4.69, 9.17) is 47.6 Å².